The van der Waals surface area contributed by atoms with Crippen LogP contribution in [0, 0.1) is 29.1 Å². The van der Waals surface area contributed by atoms with Crippen molar-refractivity contribution in [2.45, 2.75) is 18.6 Å². The molecule has 0 bridgehead atoms. The predicted octanol–water partition coefficient (Wildman–Crippen LogP) is 13.4. The summed E-state index contributed by atoms with van der Waals surface area (Å²) in [6.45, 7) is -0.0567. The molecule has 1 aliphatic rings. The fraction of sp³-hybridized carbons (Fsp3) is 0.0877. The third kappa shape index (κ3) is 16.7. The molecule has 1 aliphatic heterocycles. The zero-order valence-electron chi connectivity index (χ0n) is 38.3. The van der Waals surface area contributed by atoms with Gasteiger partial charge in [-0.3, -0.25) is 19.4 Å². The quantitative estimate of drug-likeness (QED) is 0.0350. The molecule has 1 atom stereocenters. The van der Waals surface area contributed by atoms with Gasteiger partial charge in [0.15, 0.2) is 17.3 Å². The summed E-state index contributed by atoms with van der Waals surface area (Å²) in [6.07, 6.45) is 2.46. The third-order valence-electron chi connectivity index (χ3n) is 10.4. The van der Waals surface area contributed by atoms with E-state index in [1.165, 1.54) is 125 Å². The van der Waals surface area contributed by atoms with E-state index in [-0.39, 0.29) is 35.6 Å². The average molecular weight is 1040 g/mol. The number of amides is 2. The topological polar surface area (TPSA) is 133 Å². The highest BCUT2D eigenvalue weighted by Gasteiger charge is 2.51. The maximum atomic E-state index is 13.4. The number of rotatable bonds is 10. The molecule has 1 fully saturated rings. The van der Waals surface area contributed by atoms with Crippen LogP contribution in [-0.2, 0) is 16.9 Å². The van der Waals surface area contributed by atoms with Crippen molar-refractivity contribution in [2.24, 2.45) is 4.99 Å². The van der Waals surface area contributed by atoms with Gasteiger partial charge in [0, 0.05) is 40.2 Å². The molecule has 8 aromatic carbocycles. The number of carbonyl (C=O) groups excluding carboxylic acids is 4. The molecule has 1 unspecified atom stereocenters. The van der Waals surface area contributed by atoms with Crippen LogP contribution in [-0.4, -0.2) is 40.7 Å². The number of anilines is 3. The number of β-amino-alcohol motifs (C(OH)–C–C–N with tert-alkyl or cyclic N) is 1. The summed E-state index contributed by atoms with van der Waals surface area (Å²) < 4.78 is 63.5. The minimum absolute atomic E-state index is 0.0567. The van der Waals surface area contributed by atoms with E-state index in [9.17, 15) is 46.2 Å². The standard InChI is InChI=1S/C21H16F2N2O2.C15H13FO.C8H7BrO.C7H4FNO.C6H6FN/c22-16-6-10-18(11-7-16)24-14-21(27,15-4-2-1-3-5-15)25(20(24)26)19-12-8-17(23)9-13-19;16-14-9-6-12(7-10-14)8-11-15(17)13-4-2-1-3-5-13;9-6-8(10)7-4-2-1-3-5-7;8-6-1-3-7(4-2-6)9-5-10;7-5-1-3-6(8)4-2-5/h1-13,27H,14H2;1-7,9-10H,8,11H2;1-5H,6H2;1-4H;1-4H,8H2. The van der Waals surface area contributed by atoms with Crippen LogP contribution >= 0.6 is 15.9 Å². The third-order valence-corrected chi connectivity index (χ3v) is 10.9. The van der Waals surface area contributed by atoms with Gasteiger partial charge in [-0.25, -0.2) is 31.5 Å². The Balaban J connectivity index is 0.000000183. The van der Waals surface area contributed by atoms with Gasteiger partial charge in [-0.2, -0.15) is 4.99 Å². The number of nitrogens with two attached hydrogens (primary N) is 1. The molecule has 3 N–H and O–H groups in total. The molecule has 8 aromatic rings. The zero-order valence-corrected chi connectivity index (χ0v) is 39.9. The molecule has 0 saturated carbocycles. The van der Waals surface area contributed by atoms with E-state index in [0.29, 0.717) is 46.5 Å². The van der Waals surface area contributed by atoms with Crippen LogP contribution in [0.3, 0.4) is 0 Å². The second-order valence-corrected chi connectivity index (χ2v) is 16.0. The number of halogens is 6. The van der Waals surface area contributed by atoms with Gasteiger partial charge in [-0.1, -0.05) is 119 Å². The van der Waals surface area contributed by atoms with E-state index in [1.54, 1.807) is 36.4 Å². The Hall–Kier alpha value is -8.36. The molecule has 2 amide bonds. The van der Waals surface area contributed by atoms with Crippen molar-refractivity contribution in [2.75, 3.05) is 27.4 Å². The Labute approximate surface area is 421 Å². The minimum Gasteiger partial charge on any atom is -0.399 e. The molecule has 1 heterocycles. The number of carbonyl (C=O) groups is 3. The molecule has 0 aromatic heterocycles. The number of aliphatic hydroxyl groups is 1. The Morgan fingerprint density at radius 1 is 0.569 bits per heavy atom. The van der Waals surface area contributed by atoms with Gasteiger partial charge in [0.05, 0.1) is 17.6 Å². The Morgan fingerprint density at radius 3 is 1.42 bits per heavy atom. The lowest BCUT2D eigenvalue weighted by Gasteiger charge is -2.32. The number of nitrogen functional groups attached to an aromatic ring is 1. The number of nitrogens with zero attached hydrogens (tertiary/aromatic N) is 3. The first-order chi connectivity index (χ1) is 34.7. The Kier molecular flexibility index (Phi) is 21.0. The van der Waals surface area contributed by atoms with Gasteiger partial charge in [-0.05, 0) is 121 Å². The molecular formula is C57H46BrF5N4O5. The van der Waals surface area contributed by atoms with Crippen molar-refractivity contribution in [1.29, 1.82) is 0 Å². The first-order valence-corrected chi connectivity index (χ1v) is 23.0. The zero-order chi connectivity index (χ0) is 51.9. The van der Waals surface area contributed by atoms with Gasteiger partial charge in [-0.15, -0.1) is 0 Å². The highest BCUT2D eigenvalue weighted by atomic mass is 79.9. The van der Waals surface area contributed by atoms with E-state index in [2.05, 4.69) is 20.9 Å². The summed E-state index contributed by atoms with van der Waals surface area (Å²) in [5.41, 5.74) is 8.41. The molecule has 9 nitrogen and oxygen atoms in total. The number of alkyl halides is 1. The summed E-state index contributed by atoms with van der Waals surface area (Å²) in [7, 11) is 0. The van der Waals surface area contributed by atoms with Gasteiger partial charge in [0.25, 0.3) is 0 Å². The highest BCUT2D eigenvalue weighted by Crippen LogP contribution is 2.40. The molecule has 0 spiro atoms. The monoisotopic (exact) mass is 1040 g/mol. The van der Waals surface area contributed by atoms with E-state index < -0.39 is 23.4 Å². The van der Waals surface area contributed by atoms with E-state index >= 15 is 0 Å². The molecule has 0 aliphatic carbocycles. The number of hydrogen-bond acceptors (Lipinski definition) is 7. The number of urea groups is 1. The fourth-order valence-corrected chi connectivity index (χ4v) is 7.03. The number of Topliss-reactive ketones (excluding diaryl/α,β-unsaturated/α-hetero) is 2. The van der Waals surface area contributed by atoms with Crippen LogP contribution in [0.15, 0.2) is 217 Å². The molecule has 366 valence electrons. The molecule has 9 rings (SSSR count). The van der Waals surface area contributed by atoms with Crippen molar-refractivity contribution in [3.05, 3.63) is 264 Å². The number of aliphatic imine (C=N–C) groups is 1. The van der Waals surface area contributed by atoms with Gasteiger partial charge in [0.2, 0.25) is 6.08 Å². The number of aryl methyl sites for hydroxylation is 1. The van der Waals surface area contributed by atoms with Crippen molar-refractivity contribution in [1.82, 2.24) is 0 Å². The number of benzene rings is 8. The maximum absolute atomic E-state index is 13.4. The van der Waals surface area contributed by atoms with Gasteiger partial charge >= 0.3 is 6.03 Å². The SMILES string of the molecule is Nc1ccc(F)cc1.O=C(CBr)c1ccccc1.O=C(CCc1ccc(F)cc1)c1ccccc1.O=C1N(c2ccc(F)cc2)CC(O)(c2ccccc2)N1c1ccc(F)cc1.O=C=Nc1ccc(F)cc1. The lowest BCUT2D eigenvalue weighted by Crippen LogP contribution is -2.44. The van der Waals surface area contributed by atoms with Gasteiger partial charge < -0.3 is 10.8 Å². The molecule has 72 heavy (non-hydrogen) atoms. The second-order valence-electron chi connectivity index (χ2n) is 15.4. The van der Waals surface area contributed by atoms with E-state index in [1.807, 2.05) is 66.7 Å². The lowest BCUT2D eigenvalue weighted by atomic mass is 10.0. The van der Waals surface area contributed by atoms with Crippen LogP contribution in [0.4, 0.5) is 49.5 Å². The highest BCUT2D eigenvalue weighted by molar-refractivity contribution is 9.09. The molecule has 15 heteroatoms. The fourth-order valence-electron chi connectivity index (χ4n) is 6.71. The van der Waals surface area contributed by atoms with Gasteiger partial charge in [0.1, 0.15) is 29.1 Å². The van der Waals surface area contributed by atoms with Crippen LogP contribution in [0.2, 0.25) is 0 Å². The smallest absolute Gasteiger partial charge is 0.331 e. The van der Waals surface area contributed by atoms with Crippen molar-refractivity contribution in [3.8, 4) is 0 Å². The Bertz CT molecular complexity index is 2970. The summed E-state index contributed by atoms with van der Waals surface area (Å²) in [5.74, 6) is -1.45. The number of ketones is 2. The van der Waals surface area contributed by atoms with E-state index in [4.69, 9.17) is 5.73 Å². The number of hydrogen-bond donors (Lipinski definition) is 2. The van der Waals surface area contributed by atoms with Crippen molar-refractivity contribution < 1.29 is 46.2 Å². The maximum Gasteiger partial charge on any atom is 0.331 e. The van der Waals surface area contributed by atoms with Crippen LogP contribution in [0.1, 0.15) is 38.3 Å². The first-order valence-electron chi connectivity index (χ1n) is 21.9. The van der Waals surface area contributed by atoms with E-state index in [0.717, 1.165) is 16.7 Å². The first kappa shape index (κ1) is 54.6. The molecule has 0 radical (unpaired) electrons. The van der Waals surface area contributed by atoms with Crippen molar-refractivity contribution >= 4 is 62.4 Å². The summed E-state index contributed by atoms with van der Waals surface area (Å²) >= 11 is 3.10. The normalized spacial score (nSPS) is 13.2. The molecule has 1 saturated heterocycles. The van der Waals surface area contributed by atoms with Crippen LogP contribution in [0.25, 0.3) is 0 Å². The average Bonchev–Trinajstić information content (AvgIpc) is 3.69. The minimum atomic E-state index is -1.66. The van der Waals surface area contributed by atoms with Crippen molar-refractivity contribution in [3.63, 3.8) is 0 Å². The Morgan fingerprint density at radius 2 is 0.972 bits per heavy atom. The predicted molar refractivity (Wildman–Crippen MR) is 273 cm³/mol. The van der Waals surface area contributed by atoms with Crippen LogP contribution in [0.5, 0.6) is 0 Å². The van der Waals surface area contributed by atoms with Crippen LogP contribution < -0.4 is 15.5 Å². The summed E-state index contributed by atoms with van der Waals surface area (Å²) in [4.78, 5) is 51.5. The largest absolute Gasteiger partial charge is 0.399 e. The lowest BCUT2D eigenvalue weighted by molar-refractivity contribution is 0.0655. The molecular weight excluding hydrogens is 996 g/mol. The number of isocyanates is 1. The summed E-state index contributed by atoms with van der Waals surface area (Å²) in [5, 5.41) is 11.9. The second kappa shape index (κ2) is 27.7. The summed E-state index contributed by atoms with van der Waals surface area (Å²) in [6, 6.07) is 54.8.